The molecule has 0 spiro atoms. The number of nitrogens with zero attached hydrogens (tertiary/aromatic N) is 5. The van der Waals surface area contributed by atoms with Gasteiger partial charge < -0.3 is 5.32 Å². The minimum absolute atomic E-state index is 0.100. The molecule has 0 aliphatic rings. The fourth-order valence-corrected chi connectivity index (χ4v) is 4.47. The van der Waals surface area contributed by atoms with E-state index in [1.807, 2.05) is 61.7 Å². The largest absolute Gasteiger partial charge is 0.300 e. The Morgan fingerprint density at radius 2 is 1.91 bits per heavy atom. The van der Waals surface area contributed by atoms with E-state index in [1.54, 1.807) is 24.5 Å². The third-order valence-corrected chi connectivity index (χ3v) is 6.75. The first-order chi connectivity index (χ1) is 16.8. The van der Waals surface area contributed by atoms with Gasteiger partial charge in [0.25, 0.3) is 0 Å². The predicted molar refractivity (Wildman–Crippen MR) is 135 cm³/mol. The number of rotatable bonds is 5. The van der Waals surface area contributed by atoms with Crippen LogP contribution in [0.2, 0.25) is 0 Å². The lowest BCUT2D eigenvalue weighted by molar-refractivity contribution is -0.115. The average molecular weight is 487 g/mol. The van der Waals surface area contributed by atoms with Crippen LogP contribution in [0.4, 0.5) is 9.52 Å². The van der Waals surface area contributed by atoms with Gasteiger partial charge in [0.15, 0.2) is 0 Å². The van der Waals surface area contributed by atoms with E-state index < -0.39 is 5.82 Å². The Bertz CT molecular complexity index is 1520. The summed E-state index contributed by atoms with van der Waals surface area (Å²) in [7, 11) is 0. The zero-order chi connectivity index (χ0) is 24.6. The lowest BCUT2D eigenvalue weighted by Crippen LogP contribution is -2.15. The number of amides is 1. The number of aromatic nitrogens is 5. The minimum Gasteiger partial charge on any atom is -0.300 e. The van der Waals surface area contributed by atoms with E-state index in [1.165, 1.54) is 17.4 Å². The number of hydrogen-bond donors (Lipinski definition) is 1. The maximum atomic E-state index is 14.9. The van der Waals surface area contributed by atoms with E-state index in [4.69, 9.17) is 0 Å². The molecule has 1 N–H and O–H groups in total. The highest BCUT2D eigenvalue weighted by Gasteiger charge is 2.20. The number of pyridine rings is 2. The van der Waals surface area contributed by atoms with Crippen LogP contribution >= 0.6 is 11.3 Å². The third-order valence-electron chi connectivity index (χ3n) is 5.49. The van der Waals surface area contributed by atoms with Crippen LogP contribution in [0.1, 0.15) is 31.3 Å². The molecule has 0 aliphatic heterocycles. The van der Waals surface area contributed by atoms with Crippen LogP contribution in [0.5, 0.6) is 0 Å². The zero-order valence-corrected chi connectivity index (χ0v) is 20.3. The molecule has 0 bridgehead atoms. The van der Waals surface area contributed by atoms with Crippen molar-refractivity contribution >= 4 is 28.0 Å². The van der Waals surface area contributed by atoms with Gasteiger partial charge in [0.05, 0.1) is 24.0 Å². The van der Waals surface area contributed by atoms with Gasteiger partial charge in [0, 0.05) is 28.9 Å². The monoisotopic (exact) mass is 486 g/mol. The Morgan fingerprint density at radius 3 is 2.63 bits per heavy atom. The molecule has 0 saturated carbocycles. The van der Waals surface area contributed by atoms with Crippen molar-refractivity contribution in [1.29, 1.82) is 0 Å². The Labute approximate surface area is 205 Å². The number of imidazole rings is 1. The van der Waals surface area contributed by atoms with E-state index >= 15 is 0 Å². The summed E-state index contributed by atoms with van der Waals surface area (Å²) in [4.78, 5) is 21.3. The first-order valence-corrected chi connectivity index (χ1v) is 11.9. The number of halogens is 1. The lowest BCUT2D eigenvalue weighted by Gasteiger charge is -2.12. The van der Waals surface area contributed by atoms with E-state index in [0.717, 1.165) is 27.6 Å². The fourth-order valence-electron chi connectivity index (χ4n) is 3.65. The molecule has 5 aromatic rings. The summed E-state index contributed by atoms with van der Waals surface area (Å²) >= 11 is 1.32. The molecule has 176 valence electrons. The molecule has 9 heteroatoms. The SMILES string of the molecule is CC(C)(C)c1nnc(NC(=O)Cc2ccc(-c3cnc4cc(-c5ccccn5)ccn34)cc2F)s1. The van der Waals surface area contributed by atoms with Gasteiger partial charge in [-0.25, -0.2) is 9.37 Å². The number of anilines is 1. The molecule has 0 saturated heterocycles. The number of fused-ring (bicyclic) bond motifs is 1. The Morgan fingerprint density at radius 1 is 1.06 bits per heavy atom. The topological polar surface area (TPSA) is 85.1 Å². The van der Waals surface area contributed by atoms with Crippen LogP contribution < -0.4 is 5.32 Å². The maximum Gasteiger partial charge on any atom is 0.230 e. The van der Waals surface area contributed by atoms with Crippen molar-refractivity contribution in [3.63, 3.8) is 0 Å². The molecule has 35 heavy (non-hydrogen) atoms. The molecular formula is C26H23FN6OS. The van der Waals surface area contributed by atoms with Gasteiger partial charge in [-0.05, 0) is 35.9 Å². The molecule has 4 heterocycles. The highest BCUT2D eigenvalue weighted by atomic mass is 32.1. The standard InChI is InChI=1S/C26H23FN6OS/c1-26(2,3)24-31-32-25(35-24)30-23(34)14-16-7-8-18(12-19(16)27)21-15-29-22-13-17(9-11-33(21)22)20-6-4-5-10-28-20/h4-13,15H,14H2,1-3H3,(H,30,32,34). The second kappa shape index (κ2) is 8.99. The summed E-state index contributed by atoms with van der Waals surface area (Å²) < 4.78 is 16.8. The first-order valence-electron chi connectivity index (χ1n) is 11.1. The van der Waals surface area contributed by atoms with Gasteiger partial charge in [-0.1, -0.05) is 50.3 Å². The highest BCUT2D eigenvalue weighted by molar-refractivity contribution is 7.15. The quantitative estimate of drug-likeness (QED) is 0.353. The van der Waals surface area contributed by atoms with Gasteiger partial charge in [-0.3, -0.25) is 14.2 Å². The van der Waals surface area contributed by atoms with E-state index in [9.17, 15) is 9.18 Å². The molecule has 0 atom stereocenters. The van der Waals surface area contributed by atoms with Crippen molar-refractivity contribution in [2.75, 3.05) is 5.32 Å². The van der Waals surface area contributed by atoms with Gasteiger partial charge >= 0.3 is 0 Å². The van der Waals surface area contributed by atoms with E-state index in [2.05, 4.69) is 25.5 Å². The van der Waals surface area contributed by atoms with Crippen molar-refractivity contribution in [1.82, 2.24) is 24.6 Å². The average Bonchev–Trinajstić information content (AvgIpc) is 3.48. The molecule has 5 rings (SSSR count). The van der Waals surface area contributed by atoms with E-state index in [-0.39, 0.29) is 17.7 Å². The van der Waals surface area contributed by atoms with E-state index in [0.29, 0.717) is 16.3 Å². The van der Waals surface area contributed by atoms with Crippen LogP contribution in [0.15, 0.2) is 67.1 Å². The van der Waals surface area contributed by atoms with Crippen LogP contribution in [0.25, 0.3) is 28.2 Å². The number of benzene rings is 1. The highest BCUT2D eigenvalue weighted by Crippen LogP contribution is 2.28. The molecule has 0 fully saturated rings. The number of carbonyl (C=O) groups excluding carboxylic acids is 1. The third kappa shape index (κ3) is 4.81. The van der Waals surface area contributed by atoms with Crippen molar-refractivity contribution in [3.05, 3.63) is 83.5 Å². The zero-order valence-electron chi connectivity index (χ0n) is 19.5. The normalized spacial score (nSPS) is 11.7. The lowest BCUT2D eigenvalue weighted by atomic mass is 9.98. The predicted octanol–water partition coefficient (Wildman–Crippen LogP) is 5.53. The molecule has 4 aromatic heterocycles. The summed E-state index contributed by atoms with van der Waals surface area (Å²) in [5.41, 5.74) is 4.12. The molecule has 0 radical (unpaired) electrons. The van der Waals surface area contributed by atoms with Crippen LogP contribution in [0.3, 0.4) is 0 Å². The Hall–Kier alpha value is -3.98. The number of nitrogens with one attached hydrogen (secondary N) is 1. The van der Waals surface area contributed by atoms with Crippen LogP contribution in [-0.4, -0.2) is 30.5 Å². The first kappa shape index (κ1) is 22.8. The summed E-state index contributed by atoms with van der Waals surface area (Å²) in [6.45, 7) is 6.08. The molecule has 0 aliphatic carbocycles. The molecule has 7 nitrogen and oxygen atoms in total. The Kier molecular flexibility index (Phi) is 5.86. The summed E-state index contributed by atoms with van der Waals surface area (Å²) in [5, 5.41) is 12.1. The fraction of sp³-hybridized carbons (Fsp3) is 0.192. The summed E-state index contributed by atoms with van der Waals surface area (Å²) in [6, 6.07) is 14.5. The Balaban J connectivity index is 1.33. The van der Waals surface area contributed by atoms with Gasteiger partial charge in [-0.15, -0.1) is 10.2 Å². The van der Waals surface area contributed by atoms with Crippen LogP contribution in [-0.2, 0) is 16.6 Å². The molecule has 1 amide bonds. The number of hydrogen-bond acceptors (Lipinski definition) is 6. The second-order valence-corrected chi connectivity index (χ2v) is 10.2. The molecular weight excluding hydrogens is 463 g/mol. The summed E-state index contributed by atoms with van der Waals surface area (Å²) in [5.74, 6) is -0.796. The van der Waals surface area contributed by atoms with Crippen molar-refractivity contribution in [2.24, 2.45) is 0 Å². The summed E-state index contributed by atoms with van der Waals surface area (Å²) in [6.07, 6.45) is 5.25. The smallest absolute Gasteiger partial charge is 0.230 e. The maximum absolute atomic E-state index is 14.9. The van der Waals surface area contributed by atoms with Gasteiger partial charge in [-0.2, -0.15) is 0 Å². The van der Waals surface area contributed by atoms with Crippen molar-refractivity contribution in [2.45, 2.75) is 32.6 Å². The van der Waals surface area contributed by atoms with Gasteiger partial charge in [0.2, 0.25) is 11.0 Å². The second-order valence-electron chi connectivity index (χ2n) is 9.20. The molecule has 0 unspecified atom stereocenters. The van der Waals surface area contributed by atoms with Crippen molar-refractivity contribution < 1.29 is 9.18 Å². The van der Waals surface area contributed by atoms with Gasteiger partial charge in [0.1, 0.15) is 16.5 Å². The van der Waals surface area contributed by atoms with Crippen LogP contribution in [0, 0.1) is 5.82 Å². The number of carbonyl (C=O) groups is 1. The van der Waals surface area contributed by atoms with Crippen molar-refractivity contribution in [3.8, 4) is 22.5 Å². The molecule has 1 aromatic carbocycles. The minimum atomic E-state index is -0.453.